The van der Waals surface area contributed by atoms with Crippen LogP contribution in [0.3, 0.4) is 0 Å². The third-order valence-electron chi connectivity index (χ3n) is 4.56. The molecule has 0 saturated carbocycles. The van der Waals surface area contributed by atoms with Gasteiger partial charge in [0.15, 0.2) is 0 Å². The van der Waals surface area contributed by atoms with Crippen LogP contribution in [0.4, 0.5) is 0 Å². The smallest absolute Gasteiger partial charge is 0.308 e. The molecule has 1 saturated heterocycles. The standard InChI is InChI=1S/C19H18BrNO3/c1-12-9-14(7-8-17(12)20)18(22)21-10-15(16(11-21)19(23)24)13-5-3-2-4-6-13/h2-9,15-16H,10-11H2,1H3,(H,23,24)/t15-,16-/m0/s1. The number of nitrogens with zero attached hydrogens (tertiary/aromatic N) is 1. The number of halogens is 1. The second-order valence-electron chi connectivity index (χ2n) is 6.14. The monoisotopic (exact) mass is 387 g/mol. The molecule has 0 aromatic heterocycles. The van der Waals surface area contributed by atoms with Gasteiger partial charge in [-0.25, -0.2) is 0 Å². The predicted molar refractivity (Wildman–Crippen MR) is 95.1 cm³/mol. The van der Waals surface area contributed by atoms with Crippen molar-refractivity contribution in [3.05, 3.63) is 69.7 Å². The van der Waals surface area contributed by atoms with Crippen molar-refractivity contribution in [1.29, 1.82) is 0 Å². The molecule has 2 aromatic rings. The third kappa shape index (κ3) is 3.22. The summed E-state index contributed by atoms with van der Waals surface area (Å²) in [6.45, 7) is 2.59. The summed E-state index contributed by atoms with van der Waals surface area (Å²) in [6.07, 6.45) is 0. The van der Waals surface area contributed by atoms with E-state index >= 15 is 0 Å². The number of hydrogen-bond donors (Lipinski definition) is 1. The van der Waals surface area contributed by atoms with E-state index in [4.69, 9.17) is 0 Å². The molecule has 5 heteroatoms. The molecule has 24 heavy (non-hydrogen) atoms. The van der Waals surface area contributed by atoms with Crippen LogP contribution < -0.4 is 0 Å². The van der Waals surface area contributed by atoms with Crippen molar-refractivity contribution < 1.29 is 14.7 Å². The van der Waals surface area contributed by atoms with E-state index in [0.717, 1.165) is 15.6 Å². The van der Waals surface area contributed by atoms with Gasteiger partial charge in [0.25, 0.3) is 5.91 Å². The quantitative estimate of drug-likeness (QED) is 0.873. The van der Waals surface area contributed by atoms with Crippen LogP contribution in [0.5, 0.6) is 0 Å². The molecule has 1 aliphatic rings. The van der Waals surface area contributed by atoms with Gasteiger partial charge >= 0.3 is 5.97 Å². The van der Waals surface area contributed by atoms with E-state index in [1.165, 1.54) is 0 Å². The van der Waals surface area contributed by atoms with Crippen LogP contribution in [0.1, 0.15) is 27.4 Å². The van der Waals surface area contributed by atoms with Gasteiger partial charge in [-0.05, 0) is 36.2 Å². The number of likely N-dealkylation sites (tertiary alicyclic amines) is 1. The first-order chi connectivity index (χ1) is 11.5. The second kappa shape index (κ2) is 6.77. The molecule has 2 atom stereocenters. The summed E-state index contributed by atoms with van der Waals surface area (Å²) >= 11 is 3.43. The highest BCUT2D eigenvalue weighted by atomic mass is 79.9. The molecule has 1 amide bonds. The van der Waals surface area contributed by atoms with E-state index < -0.39 is 11.9 Å². The van der Waals surface area contributed by atoms with E-state index in [1.54, 1.807) is 11.0 Å². The van der Waals surface area contributed by atoms with Crippen molar-refractivity contribution in [2.45, 2.75) is 12.8 Å². The lowest BCUT2D eigenvalue weighted by atomic mass is 9.89. The molecule has 124 valence electrons. The number of rotatable bonds is 3. The van der Waals surface area contributed by atoms with Crippen LogP contribution in [-0.4, -0.2) is 35.0 Å². The summed E-state index contributed by atoms with van der Waals surface area (Å²) in [6, 6.07) is 15.0. The summed E-state index contributed by atoms with van der Waals surface area (Å²) in [5.74, 6) is -1.72. The first kappa shape index (κ1) is 16.7. The average Bonchev–Trinajstić information content (AvgIpc) is 3.03. The highest BCUT2D eigenvalue weighted by Gasteiger charge is 2.40. The van der Waals surface area contributed by atoms with Gasteiger partial charge in [-0.15, -0.1) is 0 Å². The number of carboxylic acid groups (broad SMARTS) is 1. The molecule has 0 unspecified atom stereocenters. The molecule has 0 bridgehead atoms. The fourth-order valence-electron chi connectivity index (χ4n) is 3.22. The molecular weight excluding hydrogens is 370 g/mol. The van der Waals surface area contributed by atoms with Crippen LogP contribution in [-0.2, 0) is 4.79 Å². The van der Waals surface area contributed by atoms with E-state index in [9.17, 15) is 14.7 Å². The Morgan fingerprint density at radius 1 is 1.12 bits per heavy atom. The Kier molecular flexibility index (Phi) is 4.71. The lowest BCUT2D eigenvalue weighted by Crippen LogP contribution is -2.29. The minimum absolute atomic E-state index is 0.115. The topological polar surface area (TPSA) is 57.6 Å². The summed E-state index contributed by atoms with van der Waals surface area (Å²) < 4.78 is 0.950. The highest BCUT2D eigenvalue weighted by molar-refractivity contribution is 9.10. The summed E-state index contributed by atoms with van der Waals surface area (Å²) in [7, 11) is 0. The Morgan fingerprint density at radius 3 is 2.46 bits per heavy atom. The minimum Gasteiger partial charge on any atom is -0.481 e. The molecule has 1 aliphatic heterocycles. The van der Waals surface area contributed by atoms with Crippen LogP contribution in [0.25, 0.3) is 0 Å². The second-order valence-corrected chi connectivity index (χ2v) is 6.99. The fraction of sp³-hybridized carbons (Fsp3) is 0.263. The highest BCUT2D eigenvalue weighted by Crippen LogP contribution is 2.33. The number of benzene rings is 2. The van der Waals surface area contributed by atoms with Crippen LogP contribution in [0, 0.1) is 12.8 Å². The molecule has 4 nitrogen and oxygen atoms in total. The fourth-order valence-corrected chi connectivity index (χ4v) is 3.46. The third-order valence-corrected chi connectivity index (χ3v) is 5.45. The van der Waals surface area contributed by atoms with E-state index in [2.05, 4.69) is 15.9 Å². The number of aliphatic carboxylic acids is 1. The molecule has 2 aromatic carbocycles. The molecule has 0 aliphatic carbocycles. The maximum atomic E-state index is 12.8. The first-order valence-corrected chi connectivity index (χ1v) is 8.60. The lowest BCUT2D eigenvalue weighted by Gasteiger charge is -2.17. The molecule has 0 radical (unpaired) electrons. The zero-order valence-electron chi connectivity index (χ0n) is 13.3. The molecular formula is C19H18BrNO3. The molecule has 0 spiro atoms. The van der Waals surface area contributed by atoms with Gasteiger partial charge in [-0.2, -0.15) is 0 Å². The maximum Gasteiger partial charge on any atom is 0.308 e. The molecule has 1 fully saturated rings. The Balaban J connectivity index is 1.86. The van der Waals surface area contributed by atoms with E-state index in [-0.39, 0.29) is 18.4 Å². The Bertz CT molecular complexity index is 775. The maximum absolute atomic E-state index is 12.8. The van der Waals surface area contributed by atoms with Crippen LogP contribution >= 0.6 is 15.9 Å². The summed E-state index contributed by atoms with van der Waals surface area (Å²) in [5.41, 5.74) is 2.54. The number of hydrogen-bond acceptors (Lipinski definition) is 2. The van der Waals surface area contributed by atoms with Crippen molar-refractivity contribution in [3.8, 4) is 0 Å². The molecule has 3 rings (SSSR count). The van der Waals surface area contributed by atoms with Crippen molar-refractivity contribution in [1.82, 2.24) is 4.90 Å². The van der Waals surface area contributed by atoms with Crippen LogP contribution in [0.15, 0.2) is 53.0 Å². The minimum atomic E-state index is -0.855. The number of carbonyl (C=O) groups is 2. The summed E-state index contributed by atoms with van der Waals surface area (Å²) in [4.78, 5) is 26.1. The summed E-state index contributed by atoms with van der Waals surface area (Å²) in [5, 5.41) is 9.55. The Labute approximate surface area is 149 Å². The van der Waals surface area contributed by atoms with E-state index in [0.29, 0.717) is 12.1 Å². The Hall–Kier alpha value is -2.14. The zero-order valence-corrected chi connectivity index (χ0v) is 14.9. The molecule has 1 heterocycles. The van der Waals surface area contributed by atoms with E-state index in [1.807, 2.05) is 49.4 Å². The largest absolute Gasteiger partial charge is 0.481 e. The van der Waals surface area contributed by atoms with Gasteiger partial charge in [0.05, 0.1) is 5.92 Å². The van der Waals surface area contributed by atoms with Gasteiger partial charge < -0.3 is 10.0 Å². The van der Waals surface area contributed by atoms with Gasteiger partial charge in [-0.1, -0.05) is 46.3 Å². The van der Waals surface area contributed by atoms with Crippen molar-refractivity contribution >= 4 is 27.8 Å². The Morgan fingerprint density at radius 2 is 1.83 bits per heavy atom. The number of amides is 1. The van der Waals surface area contributed by atoms with Crippen molar-refractivity contribution in [2.24, 2.45) is 5.92 Å². The predicted octanol–water partition coefficient (Wildman–Crippen LogP) is 3.70. The van der Waals surface area contributed by atoms with Gasteiger partial charge in [0.1, 0.15) is 0 Å². The van der Waals surface area contributed by atoms with Gasteiger partial charge in [0, 0.05) is 29.0 Å². The lowest BCUT2D eigenvalue weighted by molar-refractivity contribution is -0.141. The van der Waals surface area contributed by atoms with Crippen molar-refractivity contribution in [2.75, 3.05) is 13.1 Å². The van der Waals surface area contributed by atoms with Gasteiger partial charge in [0.2, 0.25) is 0 Å². The van der Waals surface area contributed by atoms with Gasteiger partial charge in [-0.3, -0.25) is 9.59 Å². The molecule has 1 N–H and O–H groups in total. The average molecular weight is 388 g/mol. The number of carboxylic acids is 1. The van der Waals surface area contributed by atoms with Crippen LogP contribution in [0.2, 0.25) is 0 Å². The zero-order chi connectivity index (χ0) is 17.3. The first-order valence-electron chi connectivity index (χ1n) is 7.80. The normalized spacial score (nSPS) is 20.2. The number of aryl methyl sites for hydroxylation is 1. The number of carbonyl (C=O) groups excluding carboxylic acids is 1. The SMILES string of the molecule is Cc1cc(C(=O)N2C[C@H](C(=O)O)[C@H](c3ccccc3)C2)ccc1Br. The van der Waals surface area contributed by atoms with Crippen molar-refractivity contribution in [3.63, 3.8) is 0 Å².